The van der Waals surface area contributed by atoms with Gasteiger partial charge in [0.05, 0.1) is 10.5 Å². The average molecular weight is 345 g/mol. The van der Waals surface area contributed by atoms with E-state index in [0.29, 0.717) is 15.6 Å². The molecule has 106 valence electrons. The van der Waals surface area contributed by atoms with E-state index in [2.05, 4.69) is 21.4 Å². The van der Waals surface area contributed by atoms with E-state index in [4.69, 9.17) is 5.84 Å². The van der Waals surface area contributed by atoms with Crippen molar-refractivity contribution in [2.24, 2.45) is 5.84 Å². The predicted octanol–water partition coefficient (Wildman–Crippen LogP) is 3.61. The molecule has 0 aliphatic carbocycles. The van der Waals surface area contributed by atoms with Gasteiger partial charge in [-0.05, 0) is 46.1 Å². The summed E-state index contributed by atoms with van der Waals surface area (Å²) in [4.78, 5) is 0. The fourth-order valence-corrected chi connectivity index (χ4v) is 2.39. The minimum Gasteiger partial charge on any atom is -0.271 e. The van der Waals surface area contributed by atoms with Crippen LogP contribution in [0.2, 0.25) is 0 Å². The normalized spacial score (nSPS) is 12.4. The molecule has 20 heavy (non-hydrogen) atoms. The SMILES string of the molecule is NNC(Cc1cc(F)cc(F)c1)c1cccc(Br)c1F. The summed E-state index contributed by atoms with van der Waals surface area (Å²) in [5.74, 6) is 3.63. The van der Waals surface area contributed by atoms with Gasteiger partial charge in [-0.15, -0.1) is 0 Å². The Morgan fingerprint density at radius 1 is 1.10 bits per heavy atom. The van der Waals surface area contributed by atoms with Crippen LogP contribution in [0.4, 0.5) is 13.2 Å². The third kappa shape index (κ3) is 3.39. The van der Waals surface area contributed by atoms with Crippen molar-refractivity contribution in [3.8, 4) is 0 Å². The molecule has 2 aromatic carbocycles. The highest BCUT2D eigenvalue weighted by Gasteiger charge is 2.17. The maximum absolute atomic E-state index is 14.0. The van der Waals surface area contributed by atoms with Crippen LogP contribution in [0, 0.1) is 17.5 Å². The maximum Gasteiger partial charge on any atom is 0.142 e. The fraction of sp³-hybridized carbons (Fsp3) is 0.143. The molecule has 0 heterocycles. The molecule has 6 heteroatoms. The lowest BCUT2D eigenvalue weighted by molar-refractivity contribution is 0.504. The van der Waals surface area contributed by atoms with E-state index in [1.165, 1.54) is 12.1 Å². The van der Waals surface area contributed by atoms with Crippen molar-refractivity contribution < 1.29 is 13.2 Å². The Balaban J connectivity index is 2.31. The molecule has 0 aliphatic rings. The molecule has 0 bridgehead atoms. The third-order valence-electron chi connectivity index (χ3n) is 2.92. The van der Waals surface area contributed by atoms with Crippen LogP contribution in [0.15, 0.2) is 40.9 Å². The molecule has 0 amide bonds. The molecule has 0 aromatic heterocycles. The topological polar surface area (TPSA) is 38.0 Å². The number of hydrogen-bond acceptors (Lipinski definition) is 2. The molecular formula is C14H12BrF3N2. The summed E-state index contributed by atoms with van der Waals surface area (Å²) in [5, 5.41) is 0. The summed E-state index contributed by atoms with van der Waals surface area (Å²) in [6.07, 6.45) is 0.165. The molecule has 3 N–H and O–H groups in total. The van der Waals surface area contributed by atoms with Crippen LogP contribution in [-0.2, 0) is 6.42 Å². The van der Waals surface area contributed by atoms with Gasteiger partial charge in [0.25, 0.3) is 0 Å². The van der Waals surface area contributed by atoms with Crippen molar-refractivity contribution in [1.29, 1.82) is 0 Å². The first kappa shape index (κ1) is 15.0. The van der Waals surface area contributed by atoms with Crippen molar-refractivity contribution in [2.75, 3.05) is 0 Å². The predicted molar refractivity (Wildman–Crippen MR) is 74.2 cm³/mol. The highest BCUT2D eigenvalue weighted by atomic mass is 79.9. The van der Waals surface area contributed by atoms with Crippen molar-refractivity contribution >= 4 is 15.9 Å². The summed E-state index contributed by atoms with van der Waals surface area (Å²) in [6.45, 7) is 0. The molecule has 1 unspecified atom stereocenters. The summed E-state index contributed by atoms with van der Waals surface area (Å²) in [5.41, 5.74) is 3.19. The Bertz CT molecular complexity index is 599. The Labute approximate surface area is 122 Å². The van der Waals surface area contributed by atoms with Gasteiger partial charge in [-0.3, -0.25) is 11.3 Å². The number of benzene rings is 2. The van der Waals surface area contributed by atoms with Crippen LogP contribution in [0.25, 0.3) is 0 Å². The molecule has 0 spiro atoms. The molecule has 0 aliphatic heterocycles. The number of nitrogens with two attached hydrogens (primary N) is 1. The molecule has 2 nitrogen and oxygen atoms in total. The summed E-state index contributed by atoms with van der Waals surface area (Å²) < 4.78 is 40.6. The maximum atomic E-state index is 14.0. The van der Waals surface area contributed by atoms with Crippen LogP contribution >= 0.6 is 15.9 Å². The number of hydrogen-bond donors (Lipinski definition) is 2. The zero-order chi connectivity index (χ0) is 14.7. The van der Waals surface area contributed by atoms with Crippen LogP contribution in [0.1, 0.15) is 17.2 Å². The quantitative estimate of drug-likeness (QED) is 0.656. The Morgan fingerprint density at radius 3 is 2.35 bits per heavy atom. The van der Waals surface area contributed by atoms with Crippen molar-refractivity contribution in [3.05, 3.63) is 69.4 Å². The lowest BCUT2D eigenvalue weighted by atomic mass is 9.99. The zero-order valence-corrected chi connectivity index (χ0v) is 11.9. The second kappa shape index (κ2) is 6.39. The first-order valence-electron chi connectivity index (χ1n) is 5.86. The number of rotatable bonds is 4. The molecular weight excluding hydrogens is 333 g/mol. The zero-order valence-electron chi connectivity index (χ0n) is 10.3. The third-order valence-corrected chi connectivity index (χ3v) is 3.53. The first-order chi connectivity index (χ1) is 9.51. The Morgan fingerprint density at radius 2 is 1.75 bits per heavy atom. The van der Waals surface area contributed by atoms with E-state index in [9.17, 15) is 13.2 Å². The van der Waals surface area contributed by atoms with E-state index in [1.54, 1.807) is 18.2 Å². The van der Waals surface area contributed by atoms with Crippen LogP contribution in [-0.4, -0.2) is 0 Å². The second-order valence-electron chi connectivity index (χ2n) is 4.34. The van der Waals surface area contributed by atoms with Gasteiger partial charge in [-0.1, -0.05) is 12.1 Å². The van der Waals surface area contributed by atoms with Gasteiger partial charge in [0, 0.05) is 11.6 Å². The van der Waals surface area contributed by atoms with E-state index in [-0.39, 0.29) is 6.42 Å². The van der Waals surface area contributed by atoms with Gasteiger partial charge in [-0.2, -0.15) is 0 Å². The van der Waals surface area contributed by atoms with Crippen LogP contribution in [0.5, 0.6) is 0 Å². The van der Waals surface area contributed by atoms with Gasteiger partial charge in [0.2, 0.25) is 0 Å². The molecule has 2 aromatic rings. The first-order valence-corrected chi connectivity index (χ1v) is 6.65. The van der Waals surface area contributed by atoms with E-state index in [1.807, 2.05) is 0 Å². The smallest absolute Gasteiger partial charge is 0.142 e. The lowest BCUT2D eigenvalue weighted by Gasteiger charge is -2.18. The standard InChI is InChI=1S/C14H12BrF3N2/c15-12-3-1-2-11(14(12)18)13(20-19)6-8-4-9(16)7-10(17)5-8/h1-5,7,13,20H,6,19H2. The monoisotopic (exact) mass is 344 g/mol. The van der Waals surface area contributed by atoms with E-state index < -0.39 is 23.5 Å². The van der Waals surface area contributed by atoms with E-state index in [0.717, 1.165) is 6.07 Å². The average Bonchev–Trinajstić information content (AvgIpc) is 2.38. The molecule has 0 fully saturated rings. The Hall–Kier alpha value is -1.37. The fourth-order valence-electron chi connectivity index (χ4n) is 2.01. The van der Waals surface area contributed by atoms with Gasteiger partial charge >= 0.3 is 0 Å². The van der Waals surface area contributed by atoms with Crippen LogP contribution in [0.3, 0.4) is 0 Å². The largest absolute Gasteiger partial charge is 0.271 e. The number of nitrogens with one attached hydrogen (secondary N) is 1. The summed E-state index contributed by atoms with van der Waals surface area (Å²) in [7, 11) is 0. The van der Waals surface area contributed by atoms with Crippen molar-refractivity contribution in [2.45, 2.75) is 12.5 Å². The Kier molecular flexibility index (Phi) is 4.80. The van der Waals surface area contributed by atoms with E-state index >= 15 is 0 Å². The second-order valence-corrected chi connectivity index (χ2v) is 5.20. The lowest BCUT2D eigenvalue weighted by Crippen LogP contribution is -2.30. The number of hydrazine groups is 1. The highest BCUT2D eigenvalue weighted by Crippen LogP contribution is 2.26. The molecule has 1 atom stereocenters. The van der Waals surface area contributed by atoms with Crippen molar-refractivity contribution in [1.82, 2.24) is 5.43 Å². The summed E-state index contributed by atoms with van der Waals surface area (Å²) >= 11 is 3.09. The minimum absolute atomic E-state index is 0.165. The molecule has 0 saturated heterocycles. The van der Waals surface area contributed by atoms with Crippen molar-refractivity contribution in [3.63, 3.8) is 0 Å². The molecule has 0 radical (unpaired) electrons. The van der Waals surface area contributed by atoms with Gasteiger partial charge < -0.3 is 0 Å². The molecule has 2 rings (SSSR count). The molecule has 0 saturated carbocycles. The highest BCUT2D eigenvalue weighted by molar-refractivity contribution is 9.10. The van der Waals surface area contributed by atoms with Gasteiger partial charge in [0.15, 0.2) is 0 Å². The number of halogens is 4. The minimum atomic E-state index is -0.675. The summed E-state index contributed by atoms with van der Waals surface area (Å²) in [6, 6.07) is 7.39. The van der Waals surface area contributed by atoms with Gasteiger partial charge in [-0.25, -0.2) is 13.2 Å². The van der Waals surface area contributed by atoms with Crippen LogP contribution < -0.4 is 11.3 Å². The van der Waals surface area contributed by atoms with Gasteiger partial charge in [0.1, 0.15) is 17.5 Å².